The molecular weight excluding hydrogens is 270 g/mol. The minimum Gasteiger partial charge on any atom is -0.483 e. The van der Waals surface area contributed by atoms with Crippen LogP contribution in [-0.2, 0) is 16.9 Å². The highest BCUT2D eigenvalue weighted by atomic mass is 16.5. The maximum atomic E-state index is 12.3. The molecule has 0 aliphatic rings. The Morgan fingerprint density at radius 2 is 1.86 bits per heavy atom. The zero-order valence-corrected chi connectivity index (χ0v) is 11.9. The molecule has 5 nitrogen and oxygen atoms in total. The number of carbonyl (C=O) groups is 1. The molecule has 0 radical (unpaired) electrons. The average Bonchev–Trinajstić information content (AvgIpc) is 2.47. The van der Waals surface area contributed by atoms with E-state index in [9.17, 15) is 14.7 Å². The first kappa shape index (κ1) is 14.8. The molecule has 1 aromatic heterocycles. The Balaban J connectivity index is 2.27. The first-order chi connectivity index (χ1) is 9.93. The SMILES string of the molecule is CC(C)(C(=O)O)n1cccc(OCc2ccccc2)c1=O. The van der Waals surface area contributed by atoms with E-state index in [0.29, 0.717) is 0 Å². The standard InChI is InChI=1S/C16H17NO4/c1-16(2,15(19)20)17-10-6-9-13(14(17)18)21-11-12-7-4-3-5-8-12/h3-10H,11H2,1-2H3,(H,19,20). The predicted molar refractivity (Wildman–Crippen MR) is 78.4 cm³/mol. The number of ether oxygens (including phenoxy) is 1. The van der Waals surface area contributed by atoms with Crippen LogP contribution < -0.4 is 10.3 Å². The van der Waals surface area contributed by atoms with Crippen LogP contribution in [0.5, 0.6) is 5.75 Å². The zero-order chi connectivity index (χ0) is 15.5. The first-order valence-corrected chi connectivity index (χ1v) is 6.55. The number of carboxylic acid groups (broad SMARTS) is 1. The lowest BCUT2D eigenvalue weighted by Gasteiger charge is -2.22. The smallest absolute Gasteiger partial charge is 0.329 e. The molecule has 1 aromatic carbocycles. The van der Waals surface area contributed by atoms with Crippen LogP contribution in [0.15, 0.2) is 53.5 Å². The van der Waals surface area contributed by atoms with Crippen molar-refractivity contribution in [2.24, 2.45) is 0 Å². The van der Waals surface area contributed by atoms with Crippen molar-refractivity contribution in [1.29, 1.82) is 0 Å². The zero-order valence-electron chi connectivity index (χ0n) is 11.9. The van der Waals surface area contributed by atoms with Gasteiger partial charge in [-0.2, -0.15) is 0 Å². The predicted octanol–water partition coefficient (Wildman–Crippen LogP) is 2.25. The molecule has 0 amide bonds. The Bertz CT molecular complexity index is 689. The Hall–Kier alpha value is -2.56. The molecule has 21 heavy (non-hydrogen) atoms. The van der Waals surface area contributed by atoms with Crippen LogP contribution in [-0.4, -0.2) is 15.6 Å². The Morgan fingerprint density at radius 1 is 1.19 bits per heavy atom. The number of rotatable bonds is 5. The van der Waals surface area contributed by atoms with E-state index in [-0.39, 0.29) is 12.4 Å². The van der Waals surface area contributed by atoms with Gasteiger partial charge in [-0.25, -0.2) is 4.79 Å². The van der Waals surface area contributed by atoms with Crippen molar-refractivity contribution in [3.63, 3.8) is 0 Å². The van der Waals surface area contributed by atoms with Gasteiger partial charge in [0.2, 0.25) is 0 Å². The van der Waals surface area contributed by atoms with Crippen LogP contribution in [0.2, 0.25) is 0 Å². The molecule has 5 heteroatoms. The van der Waals surface area contributed by atoms with E-state index >= 15 is 0 Å². The minimum atomic E-state index is -1.33. The fourth-order valence-electron chi connectivity index (χ4n) is 1.86. The number of benzene rings is 1. The summed E-state index contributed by atoms with van der Waals surface area (Å²) in [4.78, 5) is 23.6. The monoisotopic (exact) mass is 287 g/mol. The van der Waals surface area contributed by atoms with Gasteiger partial charge in [-0.1, -0.05) is 30.3 Å². The lowest BCUT2D eigenvalue weighted by atomic mass is 10.1. The molecule has 1 N–H and O–H groups in total. The van der Waals surface area contributed by atoms with Crippen LogP contribution in [0.1, 0.15) is 19.4 Å². The normalized spacial score (nSPS) is 11.1. The summed E-state index contributed by atoms with van der Waals surface area (Å²) in [5.74, 6) is -0.944. The van der Waals surface area contributed by atoms with Gasteiger partial charge >= 0.3 is 5.97 Å². The summed E-state index contributed by atoms with van der Waals surface area (Å²) in [5, 5.41) is 9.22. The summed E-state index contributed by atoms with van der Waals surface area (Å²) in [6, 6.07) is 12.6. The molecule has 0 unspecified atom stereocenters. The summed E-state index contributed by atoms with van der Waals surface area (Å²) in [6.45, 7) is 3.20. The Morgan fingerprint density at radius 3 is 2.48 bits per heavy atom. The van der Waals surface area contributed by atoms with Gasteiger partial charge in [0.05, 0.1) is 0 Å². The van der Waals surface area contributed by atoms with Crippen LogP contribution in [0.4, 0.5) is 0 Å². The third-order valence-electron chi connectivity index (χ3n) is 3.28. The summed E-state index contributed by atoms with van der Waals surface area (Å²) in [7, 11) is 0. The second-order valence-corrected chi connectivity index (χ2v) is 5.19. The van der Waals surface area contributed by atoms with Gasteiger partial charge in [0.15, 0.2) is 5.75 Å². The van der Waals surface area contributed by atoms with E-state index in [1.54, 1.807) is 12.1 Å². The fourth-order valence-corrected chi connectivity index (χ4v) is 1.86. The molecule has 2 aromatic rings. The number of pyridine rings is 1. The molecular formula is C16H17NO4. The highest BCUT2D eigenvalue weighted by molar-refractivity contribution is 5.75. The van der Waals surface area contributed by atoms with Crippen LogP contribution in [0.3, 0.4) is 0 Å². The van der Waals surface area contributed by atoms with Crippen molar-refractivity contribution in [3.05, 3.63) is 64.6 Å². The van der Waals surface area contributed by atoms with Gasteiger partial charge in [-0.05, 0) is 31.5 Å². The van der Waals surface area contributed by atoms with Gasteiger partial charge < -0.3 is 9.84 Å². The number of nitrogens with zero attached hydrogens (tertiary/aromatic N) is 1. The van der Waals surface area contributed by atoms with Gasteiger partial charge in [-0.15, -0.1) is 0 Å². The summed E-state index contributed by atoms with van der Waals surface area (Å²) in [6.07, 6.45) is 1.45. The van der Waals surface area contributed by atoms with E-state index in [1.807, 2.05) is 30.3 Å². The first-order valence-electron chi connectivity index (χ1n) is 6.55. The van der Waals surface area contributed by atoms with Crippen molar-refractivity contribution < 1.29 is 14.6 Å². The Kier molecular flexibility index (Phi) is 4.12. The van der Waals surface area contributed by atoms with Crippen molar-refractivity contribution in [3.8, 4) is 5.75 Å². The third kappa shape index (κ3) is 3.13. The van der Waals surface area contributed by atoms with Crippen LogP contribution in [0, 0.1) is 0 Å². The quantitative estimate of drug-likeness (QED) is 0.915. The molecule has 0 bridgehead atoms. The molecule has 0 fully saturated rings. The Labute approximate surface area is 122 Å². The number of hydrogen-bond acceptors (Lipinski definition) is 3. The molecule has 0 saturated heterocycles. The molecule has 0 saturated carbocycles. The van der Waals surface area contributed by atoms with Crippen LogP contribution >= 0.6 is 0 Å². The van der Waals surface area contributed by atoms with E-state index in [0.717, 1.165) is 10.1 Å². The van der Waals surface area contributed by atoms with Crippen molar-refractivity contribution in [1.82, 2.24) is 4.57 Å². The van der Waals surface area contributed by atoms with E-state index in [2.05, 4.69) is 0 Å². The maximum Gasteiger partial charge on any atom is 0.329 e. The number of carboxylic acids is 1. The second kappa shape index (κ2) is 5.83. The van der Waals surface area contributed by atoms with E-state index in [1.165, 1.54) is 20.0 Å². The number of hydrogen-bond donors (Lipinski definition) is 1. The van der Waals surface area contributed by atoms with E-state index < -0.39 is 17.1 Å². The summed E-state index contributed by atoms with van der Waals surface area (Å²) in [5.41, 5.74) is -0.853. The minimum absolute atomic E-state index is 0.135. The second-order valence-electron chi connectivity index (χ2n) is 5.19. The third-order valence-corrected chi connectivity index (χ3v) is 3.28. The van der Waals surface area contributed by atoms with Crippen molar-refractivity contribution in [2.75, 3.05) is 0 Å². The van der Waals surface area contributed by atoms with Gasteiger partial charge in [0, 0.05) is 6.20 Å². The highest BCUT2D eigenvalue weighted by Gasteiger charge is 2.30. The topological polar surface area (TPSA) is 68.5 Å². The van der Waals surface area contributed by atoms with Crippen LogP contribution in [0.25, 0.3) is 0 Å². The molecule has 0 atom stereocenters. The van der Waals surface area contributed by atoms with Crippen molar-refractivity contribution >= 4 is 5.97 Å². The number of aliphatic carboxylic acids is 1. The largest absolute Gasteiger partial charge is 0.483 e. The average molecular weight is 287 g/mol. The summed E-state index contributed by atoms with van der Waals surface area (Å²) >= 11 is 0. The molecule has 0 aliphatic heterocycles. The molecule has 0 aliphatic carbocycles. The van der Waals surface area contributed by atoms with Gasteiger partial charge in [-0.3, -0.25) is 9.36 Å². The van der Waals surface area contributed by atoms with Crippen molar-refractivity contribution in [2.45, 2.75) is 26.0 Å². The van der Waals surface area contributed by atoms with Gasteiger partial charge in [0.25, 0.3) is 5.56 Å². The highest BCUT2D eigenvalue weighted by Crippen LogP contribution is 2.15. The van der Waals surface area contributed by atoms with E-state index in [4.69, 9.17) is 4.74 Å². The lowest BCUT2D eigenvalue weighted by Crippen LogP contribution is -2.42. The molecule has 2 rings (SSSR count). The maximum absolute atomic E-state index is 12.3. The number of aromatic nitrogens is 1. The molecule has 110 valence electrons. The van der Waals surface area contributed by atoms with Gasteiger partial charge in [0.1, 0.15) is 12.1 Å². The molecule has 0 spiro atoms. The summed E-state index contributed by atoms with van der Waals surface area (Å²) < 4.78 is 6.67. The molecule has 1 heterocycles. The fraction of sp³-hybridized carbons (Fsp3) is 0.250. The lowest BCUT2D eigenvalue weighted by molar-refractivity contribution is -0.145.